The molecule has 0 amide bonds. The molecule has 0 aliphatic rings. The molecule has 0 radical (unpaired) electrons. The minimum absolute atomic E-state index is 0.322. The molecule has 0 fully saturated rings. The second kappa shape index (κ2) is 15.3. The largest absolute Gasteiger partial charge is 0.481 e. The summed E-state index contributed by atoms with van der Waals surface area (Å²) in [7, 11) is 0. The minimum Gasteiger partial charge on any atom is -0.481 e. The highest BCUT2D eigenvalue weighted by molar-refractivity contribution is 5.66. The summed E-state index contributed by atoms with van der Waals surface area (Å²) in [5.41, 5.74) is 1.48. The Balaban J connectivity index is 3.40. The number of carboxylic acid groups (broad SMARTS) is 1. The van der Waals surface area contributed by atoms with Crippen LogP contribution in [0.15, 0.2) is 23.8 Å². The normalized spacial score (nSPS) is 12.2. The van der Waals surface area contributed by atoms with Gasteiger partial charge in [0.15, 0.2) is 0 Å². The Kier molecular flexibility index (Phi) is 14.6. The molecule has 1 N–H and O–H groups in total. The molecular weight excluding hydrogens is 260 g/mol. The first-order valence-electron chi connectivity index (χ1n) is 8.71. The summed E-state index contributed by atoms with van der Waals surface area (Å²) in [5.74, 6) is -0.671. The molecule has 0 saturated carbocycles. The third-order valence-corrected chi connectivity index (χ3v) is 3.70. The Morgan fingerprint density at radius 3 is 2.24 bits per heavy atom. The van der Waals surface area contributed by atoms with Gasteiger partial charge in [-0.2, -0.15) is 0 Å². The van der Waals surface area contributed by atoms with Crippen LogP contribution in [0, 0.1) is 0 Å². The van der Waals surface area contributed by atoms with Gasteiger partial charge in [-0.05, 0) is 39.0 Å². The lowest BCUT2D eigenvalue weighted by Gasteiger charge is -1.99. The van der Waals surface area contributed by atoms with Crippen LogP contribution >= 0.6 is 0 Å². The summed E-state index contributed by atoms with van der Waals surface area (Å²) in [6, 6.07) is 0. The van der Waals surface area contributed by atoms with Crippen LogP contribution in [-0.4, -0.2) is 11.1 Å². The number of hydrogen-bond donors (Lipinski definition) is 1. The van der Waals surface area contributed by atoms with Crippen molar-refractivity contribution in [2.75, 3.05) is 0 Å². The fourth-order valence-corrected chi connectivity index (χ4v) is 2.31. The molecule has 0 unspecified atom stereocenters. The zero-order valence-corrected chi connectivity index (χ0v) is 14.1. The fraction of sp³-hybridized carbons (Fsp3) is 0.737. The number of carbonyl (C=O) groups is 1. The van der Waals surface area contributed by atoms with Crippen LogP contribution in [0.4, 0.5) is 0 Å². The van der Waals surface area contributed by atoms with Gasteiger partial charge < -0.3 is 5.11 Å². The zero-order chi connectivity index (χ0) is 15.8. The van der Waals surface area contributed by atoms with E-state index in [0.717, 1.165) is 25.7 Å². The van der Waals surface area contributed by atoms with Crippen molar-refractivity contribution in [3.05, 3.63) is 23.8 Å². The number of carboxylic acids is 1. The molecule has 0 aromatic carbocycles. The zero-order valence-electron chi connectivity index (χ0n) is 14.1. The Hall–Kier alpha value is -1.05. The second-order valence-corrected chi connectivity index (χ2v) is 5.95. The van der Waals surface area contributed by atoms with Gasteiger partial charge in [-0.1, -0.05) is 69.2 Å². The van der Waals surface area contributed by atoms with E-state index in [4.69, 9.17) is 5.11 Å². The van der Waals surface area contributed by atoms with Crippen molar-refractivity contribution >= 4 is 5.97 Å². The lowest BCUT2D eigenvalue weighted by molar-refractivity contribution is -0.137. The van der Waals surface area contributed by atoms with E-state index in [1.54, 1.807) is 0 Å². The maximum absolute atomic E-state index is 10.3. The number of allylic oxidation sites excluding steroid dienone is 4. The number of rotatable bonds is 14. The van der Waals surface area contributed by atoms with Crippen LogP contribution in [0.1, 0.15) is 90.9 Å². The van der Waals surface area contributed by atoms with Gasteiger partial charge in [-0.25, -0.2) is 0 Å². The van der Waals surface area contributed by atoms with Gasteiger partial charge in [0.2, 0.25) is 0 Å². The molecule has 2 nitrogen and oxygen atoms in total. The summed E-state index contributed by atoms with van der Waals surface area (Å²) in [5, 5.41) is 8.52. The van der Waals surface area contributed by atoms with Gasteiger partial charge in [-0.3, -0.25) is 4.79 Å². The first-order chi connectivity index (χ1) is 10.2. The molecule has 2 heteroatoms. The molecule has 0 aromatic rings. The first kappa shape index (κ1) is 19.9. The topological polar surface area (TPSA) is 37.3 Å². The van der Waals surface area contributed by atoms with Crippen molar-refractivity contribution in [3.63, 3.8) is 0 Å². The highest BCUT2D eigenvalue weighted by atomic mass is 16.4. The van der Waals surface area contributed by atoms with Gasteiger partial charge in [0.25, 0.3) is 0 Å². The van der Waals surface area contributed by atoms with Crippen LogP contribution in [0.5, 0.6) is 0 Å². The van der Waals surface area contributed by atoms with E-state index in [0.29, 0.717) is 6.42 Å². The van der Waals surface area contributed by atoms with E-state index >= 15 is 0 Å². The highest BCUT2D eigenvalue weighted by Crippen LogP contribution is 2.10. The number of aliphatic carboxylic acids is 1. The standard InChI is InChI=1S/C19H34O2/c1-3-4-5-12-15-18(2)16-13-10-8-6-7-9-11-14-17-19(20)21/h10,13,16H,3-9,11-12,14-15,17H2,1-2H3,(H,20,21)/b13-10+,18-16+. The summed E-state index contributed by atoms with van der Waals surface area (Å²) in [6.07, 6.45) is 20.2. The lowest BCUT2D eigenvalue weighted by Crippen LogP contribution is -1.93. The van der Waals surface area contributed by atoms with E-state index in [1.165, 1.54) is 50.5 Å². The molecule has 0 bridgehead atoms. The summed E-state index contributed by atoms with van der Waals surface area (Å²) < 4.78 is 0. The van der Waals surface area contributed by atoms with E-state index in [9.17, 15) is 4.79 Å². The monoisotopic (exact) mass is 294 g/mol. The van der Waals surface area contributed by atoms with Crippen LogP contribution in [0.25, 0.3) is 0 Å². The summed E-state index contributed by atoms with van der Waals surface area (Å²) in [4.78, 5) is 10.3. The van der Waals surface area contributed by atoms with Crippen molar-refractivity contribution in [1.82, 2.24) is 0 Å². The molecular formula is C19H34O2. The summed E-state index contributed by atoms with van der Waals surface area (Å²) in [6.45, 7) is 4.47. The molecule has 0 heterocycles. The van der Waals surface area contributed by atoms with E-state index < -0.39 is 5.97 Å². The molecule has 0 spiro atoms. The average Bonchev–Trinajstić information content (AvgIpc) is 2.45. The Bertz CT molecular complexity index is 303. The first-order valence-corrected chi connectivity index (χ1v) is 8.71. The minimum atomic E-state index is -0.671. The highest BCUT2D eigenvalue weighted by Gasteiger charge is 1.95. The van der Waals surface area contributed by atoms with Gasteiger partial charge >= 0.3 is 5.97 Å². The van der Waals surface area contributed by atoms with Crippen molar-refractivity contribution in [1.29, 1.82) is 0 Å². The van der Waals surface area contributed by atoms with Crippen molar-refractivity contribution in [2.24, 2.45) is 0 Å². The fourth-order valence-electron chi connectivity index (χ4n) is 2.31. The predicted molar refractivity (Wildman–Crippen MR) is 91.6 cm³/mol. The predicted octanol–water partition coefficient (Wildman–Crippen LogP) is 6.27. The quantitative estimate of drug-likeness (QED) is 0.302. The Labute approximate surface area is 131 Å². The van der Waals surface area contributed by atoms with Gasteiger partial charge in [0.05, 0.1) is 0 Å². The summed E-state index contributed by atoms with van der Waals surface area (Å²) >= 11 is 0. The molecule has 21 heavy (non-hydrogen) atoms. The third-order valence-electron chi connectivity index (χ3n) is 3.70. The third kappa shape index (κ3) is 16.9. The maximum Gasteiger partial charge on any atom is 0.303 e. The van der Waals surface area contributed by atoms with Crippen LogP contribution < -0.4 is 0 Å². The van der Waals surface area contributed by atoms with Crippen molar-refractivity contribution in [2.45, 2.75) is 90.9 Å². The molecule has 0 aliphatic carbocycles. The molecule has 0 aromatic heterocycles. The van der Waals surface area contributed by atoms with E-state index in [1.807, 2.05) is 0 Å². The molecule has 0 atom stereocenters. The number of hydrogen-bond acceptors (Lipinski definition) is 1. The van der Waals surface area contributed by atoms with Crippen molar-refractivity contribution in [3.8, 4) is 0 Å². The Morgan fingerprint density at radius 2 is 1.52 bits per heavy atom. The van der Waals surface area contributed by atoms with Crippen LogP contribution in [0.3, 0.4) is 0 Å². The van der Waals surface area contributed by atoms with E-state index in [-0.39, 0.29) is 0 Å². The Morgan fingerprint density at radius 1 is 0.905 bits per heavy atom. The molecule has 122 valence electrons. The second-order valence-electron chi connectivity index (χ2n) is 5.95. The molecule has 0 aliphatic heterocycles. The molecule has 0 rings (SSSR count). The smallest absolute Gasteiger partial charge is 0.303 e. The SMILES string of the molecule is CCCCCC/C(C)=C/C=C/CCCCCCCC(=O)O. The van der Waals surface area contributed by atoms with Crippen molar-refractivity contribution < 1.29 is 9.90 Å². The average molecular weight is 294 g/mol. The number of unbranched alkanes of at least 4 members (excludes halogenated alkanes) is 8. The lowest BCUT2D eigenvalue weighted by atomic mass is 10.1. The molecule has 0 saturated heterocycles. The van der Waals surface area contributed by atoms with Crippen LogP contribution in [0.2, 0.25) is 0 Å². The maximum atomic E-state index is 10.3. The van der Waals surface area contributed by atoms with Gasteiger partial charge in [0.1, 0.15) is 0 Å². The van der Waals surface area contributed by atoms with Crippen LogP contribution in [-0.2, 0) is 4.79 Å². The van der Waals surface area contributed by atoms with Gasteiger partial charge in [0, 0.05) is 6.42 Å². The van der Waals surface area contributed by atoms with Gasteiger partial charge in [-0.15, -0.1) is 0 Å². The van der Waals surface area contributed by atoms with E-state index in [2.05, 4.69) is 32.1 Å².